The monoisotopic (exact) mass is 152 g/mol. The summed E-state index contributed by atoms with van der Waals surface area (Å²) >= 11 is 0. The highest BCUT2D eigenvalue weighted by Gasteiger charge is 1.95. The van der Waals surface area contributed by atoms with E-state index in [1.54, 1.807) is 6.07 Å². The highest BCUT2D eigenvalue weighted by molar-refractivity contribution is 5.49. The average Bonchev–Trinajstić information content (AvgIpc) is 1.99. The van der Waals surface area contributed by atoms with Gasteiger partial charge in [0.05, 0.1) is 12.2 Å². The van der Waals surface area contributed by atoms with Gasteiger partial charge in [-0.1, -0.05) is 0 Å². The minimum atomic E-state index is -0.320. The van der Waals surface area contributed by atoms with Gasteiger partial charge in [0.2, 0.25) is 0 Å². The summed E-state index contributed by atoms with van der Waals surface area (Å²) < 4.78 is 1.25. The predicted molar refractivity (Wildman–Crippen MR) is 41.2 cm³/mol. The van der Waals surface area contributed by atoms with E-state index in [-0.39, 0.29) is 17.8 Å². The van der Waals surface area contributed by atoms with E-state index < -0.39 is 0 Å². The van der Waals surface area contributed by atoms with Crippen LogP contribution in [0, 0.1) is 0 Å². The number of aldehydes is 1. The van der Waals surface area contributed by atoms with Gasteiger partial charge in [0.25, 0.3) is 5.56 Å². The van der Waals surface area contributed by atoms with E-state index in [9.17, 15) is 9.59 Å². The van der Waals surface area contributed by atoms with E-state index in [0.717, 1.165) is 0 Å². The van der Waals surface area contributed by atoms with Gasteiger partial charge in [-0.3, -0.25) is 4.79 Å². The SMILES string of the molecule is Nc1cccn(CC=O)c1=O. The summed E-state index contributed by atoms with van der Waals surface area (Å²) in [6.45, 7) is 0.0594. The highest BCUT2D eigenvalue weighted by atomic mass is 16.1. The summed E-state index contributed by atoms with van der Waals surface area (Å²) in [6.07, 6.45) is 2.17. The molecule has 0 radical (unpaired) electrons. The minimum Gasteiger partial charge on any atom is -0.394 e. The predicted octanol–water partition coefficient (Wildman–Crippen LogP) is -0.371. The number of pyridine rings is 1. The Morgan fingerprint density at radius 1 is 1.64 bits per heavy atom. The normalized spacial score (nSPS) is 9.45. The lowest BCUT2D eigenvalue weighted by Gasteiger charge is -1.99. The molecule has 0 aliphatic carbocycles. The summed E-state index contributed by atoms with van der Waals surface area (Å²) in [6, 6.07) is 3.13. The van der Waals surface area contributed by atoms with Crippen molar-refractivity contribution < 1.29 is 4.79 Å². The van der Waals surface area contributed by atoms with Crippen LogP contribution in [0.5, 0.6) is 0 Å². The van der Waals surface area contributed by atoms with Gasteiger partial charge in [-0.2, -0.15) is 0 Å². The smallest absolute Gasteiger partial charge is 0.274 e. The van der Waals surface area contributed by atoms with Gasteiger partial charge in [0.15, 0.2) is 0 Å². The lowest BCUT2D eigenvalue weighted by atomic mass is 10.4. The van der Waals surface area contributed by atoms with E-state index in [4.69, 9.17) is 5.73 Å². The average molecular weight is 152 g/mol. The van der Waals surface area contributed by atoms with Crippen LogP contribution in [0.15, 0.2) is 23.1 Å². The molecule has 4 heteroatoms. The van der Waals surface area contributed by atoms with Crippen LogP contribution in [-0.4, -0.2) is 10.9 Å². The molecule has 4 nitrogen and oxygen atoms in total. The van der Waals surface area contributed by atoms with Crippen molar-refractivity contribution in [2.75, 3.05) is 5.73 Å². The van der Waals surface area contributed by atoms with Crippen molar-refractivity contribution in [1.82, 2.24) is 4.57 Å². The maximum atomic E-state index is 11.0. The molecular weight excluding hydrogens is 144 g/mol. The number of aromatic nitrogens is 1. The zero-order chi connectivity index (χ0) is 8.27. The number of anilines is 1. The maximum Gasteiger partial charge on any atom is 0.274 e. The number of nitrogens with zero attached hydrogens (tertiary/aromatic N) is 1. The first-order valence-corrected chi connectivity index (χ1v) is 3.14. The van der Waals surface area contributed by atoms with Crippen molar-refractivity contribution >= 4 is 12.0 Å². The van der Waals surface area contributed by atoms with Crippen LogP contribution in [0.1, 0.15) is 0 Å². The van der Waals surface area contributed by atoms with Gasteiger partial charge in [-0.25, -0.2) is 0 Å². The van der Waals surface area contributed by atoms with Gasteiger partial charge >= 0.3 is 0 Å². The van der Waals surface area contributed by atoms with E-state index in [0.29, 0.717) is 6.29 Å². The Labute approximate surface area is 63.3 Å². The molecule has 0 spiro atoms. The molecule has 1 aromatic rings. The summed E-state index contributed by atoms with van der Waals surface area (Å²) in [7, 11) is 0. The van der Waals surface area contributed by atoms with Crippen LogP contribution in [0.3, 0.4) is 0 Å². The summed E-state index contributed by atoms with van der Waals surface area (Å²) in [5.74, 6) is 0. The molecule has 1 aromatic heterocycles. The molecule has 0 unspecified atom stereocenters. The fraction of sp³-hybridized carbons (Fsp3) is 0.143. The Hall–Kier alpha value is -1.58. The number of hydrogen-bond donors (Lipinski definition) is 1. The topological polar surface area (TPSA) is 65.1 Å². The van der Waals surface area contributed by atoms with E-state index in [1.807, 2.05) is 0 Å². The second-order valence-corrected chi connectivity index (χ2v) is 2.09. The van der Waals surface area contributed by atoms with Crippen molar-refractivity contribution in [3.63, 3.8) is 0 Å². The van der Waals surface area contributed by atoms with Crippen molar-refractivity contribution in [1.29, 1.82) is 0 Å². The Morgan fingerprint density at radius 2 is 2.36 bits per heavy atom. The fourth-order valence-corrected chi connectivity index (χ4v) is 0.779. The number of nitrogen functional groups attached to an aromatic ring is 1. The molecule has 58 valence electrons. The zero-order valence-electron chi connectivity index (χ0n) is 5.86. The summed E-state index contributed by atoms with van der Waals surface area (Å²) in [5, 5.41) is 0. The van der Waals surface area contributed by atoms with Gasteiger partial charge in [-0.05, 0) is 12.1 Å². The molecule has 0 fully saturated rings. The van der Waals surface area contributed by atoms with Crippen LogP contribution in [0.2, 0.25) is 0 Å². The standard InChI is InChI=1S/C7H8N2O2/c8-6-2-1-3-9(4-5-10)7(6)11/h1-3,5H,4,8H2. The second kappa shape index (κ2) is 3.01. The number of carbonyl (C=O) groups excluding carboxylic acids is 1. The number of carbonyl (C=O) groups is 1. The van der Waals surface area contributed by atoms with E-state index in [2.05, 4.69) is 0 Å². The third-order valence-corrected chi connectivity index (χ3v) is 1.32. The van der Waals surface area contributed by atoms with Crippen LogP contribution in [0.25, 0.3) is 0 Å². The molecule has 0 bridgehead atoms. The van der Waals surface area contributed by atoms with Crippen LogP contribution in [0.4, 0.5) is 5.69 Å². The minimum absolute atomic E-state index is 0.0594. The molecular formula is C7H8N2O2. The summed E-state index contributed by atoms with van der Waals surface area (Å²) in [5.41, 5.74) is 5.14. The van der Waals surface area contributed by atoms with Crippen LogP contribution >= 0.6 is 0 Å². The molecule has 0 aliphatic heterocycles. The fourth-order valence-electron chi connectivity index (χ4n) is 0.779. The molecule has 0 amide bonds. The first kappa shape index (κ1) is 7.53. The van der Waals surface area contributed by atoms with Crippen molar-refractivity contribution in [2.24, 2.45) is 0 Å². The van der Waals surface area contributed by atoms with Gasteiger partial charge in [0, 0.05) is 6.20 Å². The Balaban J connectivity index is 3.16. The molecule has 11 heavy (non-hydrogen) atoms. The lowest BCUT2D eigenvalue weighted by molar-refractivity contribution is -0.108. The molecule has 2 N–H and O–H groups in total. The van der Waals surface area contributed by atoms with Gasteiger partial charge < -0.3 is 15.1 Å². The molecule has 0 saturated heterocycles. The third kappa shape index (κ3) is 1.46. The highest BCUT2D eigenvalue weighted by Crippen LogP contribution is 1.89. The lowest BCUT2D eigenvalue weighted by Crippen LogP contribution is -2.22. The Bertz CT molecular complexity index is 316. The third-order valence-electron chi connectivity index (χ3n) is 1.32. The van der Waals surface area contributed by atoms with Crippen LogP contribution < -0.4 is 11.3 Å². The molecule has 0 atom stereocenters. The second-order valence-electron chi connectivity index (χ2n) is 2.09. The Morgan fingerprint density at radius 3 is 3.00 bits per heavy atom. The maximum absolute atomic E-state index is 11.0. The van der Waals surface area contributed by atoms with Crippen molar-refractivity contribution in [3.8, 4) is 0 Å². The quantitative estimate of drug-likeness (QED) is 0.588. The molecule has 0 aromatic carbocycles. The molecule has 1 heterocycles. The molecule has 0 saturated carbocycles. The molecule has 1 rings (SSSR count). The number of nitrogens with two attached hydrogens (primary N) is 1. The van der Waals surface area contributed by atoms with Crippen molar-refractivity contribution in [3.05, 3.63) is 28.7 Å². The zero-order valence-corrected chi connectivity index (χ0v) is 5.86. The Kier molecular flexibility index (Phi) is 2.06. The summed E-state index contributed by atoms with van der Waals surface area (Å²) in [4.78, 5) is 21.1. The van der Waals surface area contributed by atoms with Crippen LogP contribution in [-0.2, 0) is 11.3 Å². The number of rotatable bonds is 2. The largest absolute Gasteiger partial charge is 0.394 e. The first-order valence-electron chi connectivity index (χ1n) is 3.14. The van der Waals surface area contributed by atoms with Crippen molar-refractivity contribution in [2.45, 2.75) is 6.54 Å². The van der Waals surface area contributed by atoms with Gasteiger partial charge in [-0.15, -0.1) is 0 Å². The first-order chi connectivity index (χ1) is 5.25. The number of hydrogen-bond acceptors (Lipinski definition) is 3. The van der Waals surface area contributed by atoms with E-state index >= 15 is 0 Å². The molecule has 0 aliphatic rings. The van der Waals surface area contributed by atoms with E-state index in [1.165, 1.54) is 16.8 Å². The van der Waals surface area contributed by atoms with Gasteiger partial charge in [0.1, 0.15) is 6.29 Å².